The maximum absolute atomic E-state index is 5.97. The molecule has 10 nitrogen and oxygen atoms in total. The van der Waals surface area contributed by atoms with Gasteiger partial charge in [0.25, 0.3) is 0 Å². The first-order valence-electron chi connectivity index (χ1n) is 11.7. The monoisotopic (exact) mass is 704 g/mol. The quantitative estimate of drug-likeness (QED) is 0.180. The number of pyridine rings is 2. The van der Waals surface area contributed by atoms with E-state index in [1.165, 1.54) is 37.0 Å². The smallest absolute Gasteiger partial charge is 0.779 e. The maximum Gasteiger partial charge on any atom is 1.00 e. The van der Waals surface area contributed by atoms with Gasteiger partial charge in [-0.3, -0.25) is 0 Å². The van der Waals surface area contributed by atoms with Crippen LogP contribution in [0.25, 0.3) is 0 Å². The Balaban J connectivity index is 0.000000179. The fraction of sp³-hybridized carbons (Fsp3) is 0.250. The van der Waals surface area contributed by atoms with Crippen LogP contribution in [-0.2, 0) is 12.6 Å². The molecule has 8 N–H and O–H groups in total. The van der Waals surface area contributed by atoms with Crippen molar-refractivity contribution in [2.24, 2.45) is 0 Å². The summed E-state index contributed by atoms with van der Waals surface area (Å²) in [7, 11) is 0. The first-order chi connectivity index (χ1) is 18.6. The van der Waals surface area contributed by atoms with Crippen LogP contribution in [0.15, 0.2) is 56.3 Å². The minimum Gasteiger partial charge on any atom is -0.779 e. The van der Waals surface area contributed by atoms with Crippen LogP contribution >= 0.6 is 50.9 Å². The van der Waals surface area contributed by atoms with Crippen molar-refractivity contribution in [3.8, 4) is 0 Å². The topological polar surface area (TPSA) is 181 Å². The number of nitrogens with zero attached hydrogens (tertiary/aromatic N) is 6. The average molecular weight is 707 g/mol. The van der Waals surface area contributed by atoms with E-state index in [1.54, 1.807) is 12.4 Å². The average Bonchev–Trinajstić information content (AvgIpc) is 3.80. The summed E-state index contributed by atoms with van der Waals surface area (Å²) in [5.74, 6) is 2.97. The second-order valence-corrected chi connectivity index (χ2v) is 11.6. The van der Waals surface area contributed by atoms with E-state index in [9.17, 15) is 0 Å². The number of hydrogen-bond acceptors (Lipinski definition) is 12. The van der Waals surface area contributed by atoms with Crippen molar-refractivity contribution in [1.29, 1.82) is 0 Å². The number of rotatable bonds is 4. The predicted octanol–water partition coefficient (Wildman–Crippen LogP) is 2.64. The van der Waals surface area contributed by atoms with Gasteiger partial charge in [0, 0.05) is 22.9 Å². The molecule has 2 aliphatic carbocycles. The zero-order valence-electron chi connectivity index (χ0n) is 21.4. The summed E-state index contributed by atoms with van der Waals surface area (Å²) in [6, 6.07) is 3.78. The van der Waals surface area contributed by atoms with E-state index in [1.807, 2.05) is 12.1 Å². The fourth-order valence-electron chi connectivity index (χ4n) is 3.51. The molecule has 0 amide bonds. The standard InChI is InChI=1S/C12H12ClN5S.C8H10N2S.C4H3BrClN3.K/c13-8-5-17-12(11(15)18-8)19-7-3-4-16-10(14)9(7)6-1-2-6;9-8-7(5-1-2-5)6(11)3-4-10-8;5-3-4(7)9-2(6)1-8-3;/h3-6H,1-2H2,(H2,14,16)(H2,15,18);3-5H,1-2H2,(H3,9,10,11);1H,(H2,7,9);/q;;;+1/p-1. The van der Waals surface area contributed by atoms with Crippen LogP contribution in [0.1, 0.15) is 48.6 Å². The Bertz CT molecular complexity index is 1460. The molecule has 0 aliphatic heterocycles. The molecule has 0 unspecified atom stereocenters. The van der Waals surface area contributed by atoms with Crippen LogP contribution in [0.5, 0.6) is 0 Å². The number of nitrogen functional groups attached to an aromatic ring is 4. The van der Waals surface area contributed by atoms with Gasteiger partial charge in [0.2, 0.25) is 0 Å². The van der Waals surface area contributed by atoms with E-state index in [0.717, 1.165) is 33.8 Å². The van der Waals surface area contributed by atoms with E-state index >= 15 is 0 Å². The van der Waals surface area contributed by atoms with Gasteiger partial charge in [0.05, 0.1) is 12.4 Å². The van der Waals surface area contributed by atoms with Crippen LogP contribution in [-0.4, -0.2) is 29.9 Å². The molecule has 0 aromatic carbocycles. The molecule has 0 bridgehead atoms. The molecule has 0 spiro atoms. The first-order valence-corrected chi connectivity index (χ1v) is 14.5. The molecule has 4 heterocycles. The van der Waals surface area contributed by atoms with Crippen LogP contribution in [0.2, 0.25) is 10.3 Å². The summed E-state index contributed by atoms with van der Waals surface area (Å²) < 4.78 is 0.520. The number of hydrogen-bond donors (Lipinski definition) is 4. The Morgan fingerprint density at radius 3 is 1.80 bits per heavy atom. The molecule has 0 saturated heterocycles. The van der Waals surface area contributed by atoms with Gasteiger partial charge in [-0.05, 0) is 65.1 Å². The van der Waals surface area contributed by atoms with E-state index < -0.39 is 0 Å². The third kappa shape index (κ3) is 9.47. The minimum absolute atomic E-state index is 0. The van der Waals surface area contributed by atoms with Gasteiger partial charge < -0.3 is 35.6 Å². The molecule has 2 fully saturated rings. The van der Waals surface area contributed by atoms with Crippen molar-refractivity contribution in [2.75, 3.05) is 22.9 Å². The van der Waals surface area contributed by atoms with Crippen molar-refractivity contribution in [1.82, 2.24) is 29.9 Å². The van der Waals surface area contributed by atoms with Gasteiger partial charge in [-0.25, -0.2) is 29.9 Å². The Morgan fingerprint density at radius 2 is 1.27 bits per heavy atom. The molecule has 40 heavy (non-hydrogen) atoms. The molecule has 204 valence electrons. The van der Waals surface area contributed by atoms with Crippen LogP contribution in [0.3, 0.4) is 0 Å². The van der Waals surface area contributed by atoms with Crippen molar-refractivity contribution in [2.45, 2.75) is 52.3 Å². The molecule has 4 aromatic rings. The number of nitrogens with two attached hydrogens (primary N) is 4. The molecular formula is C24H24BrCl2KN10S2. The number of halogens is 3. The number of anilines is 4. The summed E-state index contributed by atoms with van der Waals surface area (Å²) in [5, 5.41) is 1.23. The van der Waals surface area contributed by atoms with Crippen LogP contribution < -0.4 is 74.3 Å². The Kier molecular flexibility index (Phi) is 12.9. The number of aromatic nitrogens is 6. The second kappa shape index (κ2) is 15.4. The SMILES string of the molecule is Nc1nc(Cl)cnc1Br.Nc1nc(Cl)cnc1Sc1ccnc(N)c1C1CC1.Nc1nccc([S-])c1C1CC1.[K+]. The van der Waals surface area contributed by atoms with Crippen LogP contribution in [0.4, 0.5) is 23.3 Å². The van der Waals surface area contributed by atoms with E-state index in [0.29, 0.717) is 55.0 Å². The zero-order valence-corrected chi connectivity index (χ0v) is 29.2. The molecule has 2 saturated carbocycles. The van der Waals surface area contributed by atoms with Gasteiger partial charge in [0.1, 0.15) is 31.6 Å². The summed E-state index contributed by atoms with van der Waals surface area (Å²) in [6.07, 6.45) is 11.0. The van der Waals surface area contributed by atoms with Crippen molar-refractivity contribution >= 4 is 86.8 Å². The minimum atomic E-state index is 0. The van der Waals surface area contributed by atoms with Crippen LogP contribution in [0, 0.1) is 0 Å². The maximum atomic E-state index is 5.97. The fourth-order valence-corrected chi connectivity index (χ4v) is 5.29. The molecular weight excluding hydrogens is 682 g/mol. The molecule has 2 aliphatic rings. The van der Waals surface area contributed by atoms with Crippen molar-refractivity contribution in [3.63, 3.8) is 0 Å². The zero-order chi connectivity index (χ0) is 28.1. The Labute approximate surface area is 302 Å². The summed E-state index contributed by atoms with van der Waals surface area (Å²) in [6.45, 7) is 0. The third-order valence-corrected chi connectivity index (χ3v) is 8.01. The summed E-state index contributed by atoms with van der Waals surface area (Å²) in [4.78, 5) is 25.8. The molecule has 0 radical (unpaired) electrons. The van der Waals surface area contributed by atoms with Gasteiger partial charge in [-0.1, -0.05) is 41.0 Å². The predicted molar refractivity (Wildman–Crippen MR) is 162 cm³/mol. The van der Waals surface area contributed by atoms with Gasteiger partial charge in [0.15, 0.2) is 11.6 Å². The summed E-state index contributed by atoms with van der Waals surface area (Å²) in [5.41, 5.74) is 25.0. The second-order valence-electron chi connectivity index (χ2n) is 8.62. The third-order valence-electron chi connectivity index (χ3n) is 5.60. The largest absolute Gasteiger partial charge is 1.00 e. The normalized spacial score (nSPS) is 13.7. The molecule has 16 heteroatoms. The van der Waals surface area contributed by atoms with E-state index in [4.69, 9.17) is 58.8 Å². The molecule has 0 atom stereocenters. The Hall–Kier alpha value is -1.07. The molecule has 6 rings (SSSR count). The van der Waals surface area contributed by atoms with Gasteiger partial charge in [-0.2, -0.15) is 4.90 Å². The molecule has 4 aromatic heterocycles. The van der Waals surface area contributed by atoms with Gasteiger partial charge in [-0.15, -0.1) is 0 Å². The van der Waals surface area contributed by atoms with E-state index in [2.05, 4.69) is 45.8 Å². The van der Waals surface area contributed by atoms with E-state index in [-0.39, 0.29) is 51.4 Å². The summed E-state index contributed by atoms with van der Waals surface area (Å²) >= 11 is 20.8. The van der Waals surface area contributed by atoms with Crippen molar-refractivity contribution in [3.05, 3.63) is 63.0 Å². The Morgan fingerprint density at radius 1 is 0.750 bits per heavy atom. The first kappa shape index (κ1) is 33.4. The van der Waals surface area contributed by atoms with Crippen molar-refractivity contribution < 1.29 is 51.4 Å². The van der Waals surface area contributed by atoms with Gasteiger partial charge >= 0.3 is 51.4 Å².